The maximum atomic E-state index is 15.0. The van der Waals surface area contributed by atoms with E-state index in [0.29, 0.717) is 12.1 Å². The first-order valence-electron chi connectivity index (χ1n) is 14.1. The molecule has 5 rings (SSSR count). The third kappa shape index (κ3) is 4.61. The van der Waals surface area contributed by atoms with E-state index in [1.165, 1.54) is 29.2 Å². The van der Waals surface area contributed by atoms with Crippen molar-refractivity contribution in [3.63, 3.8) is 0 Å². The number of amides is 1. The van der Waals surface area contributed by atoms with Gasteiger partial charge in [-0.05, 0) is 75.1 Å². The van der Waals surface area contributed by atoms with Gasteiger partial charge in [-0.3, -0.25) is 9.59 Å². The van der Waals surface area contributed by atoms with Crippen LogP contribution in [-0.2, 0) is 36.3 Å². The minimum Gasteiger partial charge on any atom is -0.481 e. The number of carboxylic acid groups (broad SMARTS) is 1. The molecule has 1 heterocycles. The number of hydrogen-bond donors (Lipinski definition) is 1. The lowest BCUT2D eigenvalue weighted by atomic mass is 9.71. The number of carbonyl (C=O) groups is 2. The van der Waals surface area contributed by atoms with Crippen molar-refractivity contribution >= 4 is 21.7 Å². The topological polar surface area (TPSA) is 91.8 Å². The zero-order chi connectivity index (χ0) is 32.5. The summed E-state index contributed by atoms with van der Waals surface area (Å²) in [4.78, 5) is 26.8. The molecule has 1 N–H and O–H groups in total. The van der Waals surface area contributed by atoms with Gasteiger partial charge in [0.15, 0.2) is 9.84 Å². The van der Waals surface area contributed by atoms with Crippen LogP contribution in [0.2, 0.25) is 0 Å². The second-order valence-electron chi connectivity index (χ2n) is 12.2. The van der Waals surface area contributed by atoms with Crippen LogP contribution >= 0.6 is 0 Å². The number of nitrogens with zero attached hydrogens (tertiary/aromatic N) is 1. The van der Waals surface area contributed by atoms with E-state index in [-0.39, 0.29) is 73.4 Å². The molecule has 2 aliphatic carbocycles. The molecule has 1 saturated heterocycles. The number of likely N-dealkylation sites (tertiary alicyclic amines) is 1. The predicted octanol–water partition coefficient (Wildman–Crippen LogP) is 6.47. The number of sulfone groups is 1. The molecule has 240 valence electrons. The van der Waals surface area contributed by atoms with Gasteiger partial charge < -0.3 is 10.0 Å². The van der Waals surface area contributed by atoms with Gasteiger partial charge >= 0.3 is 24.0 Å². The molecule has 1 saturated carbocycles. The zero-order valence-corrected chi connectivity index (χ0v) is 24.3. The van der Waals surface area contributed by atoms with Gasteiger partial charge in [-0.1, -0.05) is 36.4 Å². The molecule has 0 radical (unpaired) electrons. The van der Waals surface area contributed by atoms with Crippen LogP contribution in [0.15, 0.2) is 53.4 Å². The smallest absolute Gasteiger partial charge is 0.435 e. The molecule has 14 heteroatoms. The molecule has 2 fully saturated rings. The van der Waals surface area contributed by atoms with Crippen LogP contribution < -0.4 is 0 Å². The fraction of sp³-hybridized carbons (Fsp3) is 0.533. The van der Waals surface area contributed by atoms with Crippen molar-refractivity contribution < 1.29 is 53.8 Å². The van der Waals surface area contributed by atoms with Crippen molar-refractivity contribution in [3.05, 3.63) is 65.2 Å². The third-order valence-electron chi connectivity index (χ3n) is 9.84. The second kappa shape index (κ2) is 10.4. The lowest BCUT2D eigenvalue weighted by Crippen LogP contribution is -2.54. The summed E-state index contributed by atoms with van der Waals surface area (Å²) in [5.74, 6) is -1.93. The van der Waals surface area contributed by atoms with Gasteiger partial charge in [-0.2, -0.15) is 26.3 Å². The Morgan fingerprint density at radius 1 is 0.886 bits per heavy atom. The first-order valence-corrected chi connectivity index (χ1v) is 15.6. The van der Waals surface area contributed by atoms with Crippen LogP contribution in [0.3, 0.4) is 0 Å². The molecular weight excluding hydrogens is 619 g/mol. The molecule has 2 aromatic rings. The van der Waals surface area contributed by atoms with Gasteiger partial charge in [0.05, 0.1) is 16.4 Å². The van der Waals surface area contributed by atoms with E-state index in [4.69, 9.17) is 0 Å². The summed E-state index contributed by atoms with van der Waals surface area (Å²) in [5, 5.41) is 9.56. The summed E-state index contributed by atoms with van der Waals surface area (Å²) in [5.41, 5.74) is -8.61. The van der Waals surface area contributed by atoms with Crippen LogP contribution in [0.1, 0.15) is 62.1 Å². The number of aliphatic carboxylic acids is 1. The SMILES string of the molecule is CC1(C(=O)O)CCC(C(=O)N2CC[C@]3(S(=O)(=O)c4ccccc4)c4ccc(C(F)(C(F)(F)F)C(F)(F)F)cc4CC[C@H]23)CC1. The molecular formula is C30H30F7NO5S. The Labute approximate surface area is 249 Å². The van der Waals surface area contributed by atoms with Crippen LogP contribution in [0.25, 0.3) is 0 Å². The van der Waals surface area contributed by atoms with E-state index >= 15 is 0 Å². The molecule has 6 nitrogen and oxygen atoms in total. The number of alkyl halides is 7. The highest BCUT2D eigenvalue weighted by Gasteiger charge is 2.74. The monoisotopic (exact) mass is 649 g/mol. The van der Waals surface area contributed by atoms with Crippen LogP contribution in [-0.4, -0.2) is 55.2 Å². The van der Waals surface area contributed by atoms with Crippen molar-refractivity contribution in [3.8, 4) is 0 Å². The number of carboxylic acids is 1. The van der Waals surface area contributed by atoms with Crippen LogP contribution in [0.5, 0.6) is 0 Å². The Balaban J connectivity index is 1.61. The first-order chi connectivity index (χ1) is 20.3. The Kier molecular flexibility index (Phi) is 7.66. The Morgan fingerprint density at radius 2 is 1.48 bits per heavy atom. The molecule has 0 aromatic heterocycles. The minimum absolute atomic E-state index is 0.0540. The van der Waals surface area contributed by atoms with Gasteiger partial charge in [0.1, 0.15) is 4.75 Å². The molecule has 2 atom stereocenters. The summed E-state index contributed by atoms with van der Waals surface area (Å²) in [7, 11) is -4.42. The zero-order valence-electron chi connectivity index (χ0n) is 23.5. The van der Waals surface area contributed by atoms with E-state index in [2.05, 4.69) is 0 Å². The average Bonchev–Trinajstić information content (AvgIpc) is 3.37. The van der Waals surface area contributed by atoms with Crippen molar-refractivity contribution in [1.29, 1.82) is 0 Å². The standard InChI is InChI=1S/C30H30F7NO5S/c1-26(25(40)41)13-11-18(12-14-26)24(39)38-16-15-27(44(42,43)21-5-3-2-4-6-21)22-9-8-20(17-19(22)7-10-23(27)38)28(31,29(32,33)34)30(35,36)37/h2-6,8-9,17-18,23H,7,10-16H2,1H3,(H,40,41)/t18?,23-,26?,27-/m0/s1. The number of rotatable bonds is 5. The van der Waals surface area contributed by atoms with Crippen molar-refractivity contribution in [2.24, 2.45) is 11.3 Å². The summed E-state index contributed by atoms with van der Waals surface area (Å²) in [6.45, 7) is 1.54. The number of carbonyl (C=O) groups excluding carboxylic acids is 1. The quantitative estimate of drug-likeness (QED) is 0.375. The summed E-state index contributed by atoms with van der Waals surface area (Å²) in [6.07, 6.45) is -12.2. The molecule has 1 amide bonds. The van der Waals surface area contributed by atoms with E-state index in [1.54, 1.807) is 13.0 Å². The average molecular weight is 650 g/mol. The van der Waals surface area contributed by atoms with Crippen molar-refractivity contribution in [2.75, 3.05) is 6.54 Å². The first kappa shape index (κ1) is 32.2. The van der Waals surface area contributed by atoms with E-state index in [0.717, 1.165) is 6.07 Å². The van der Waals surface area contributed by atoms with E-state index in [9.17, 15) is 53.8 Å². The Morgan fingerprint density at radius 3 is 2.02 bits per heavy atom. The molecule has 0 unspecified atom stereocenters. The highest BCUT2D eigenvalue weighted by atomic mass is 32.2. The van der Waals surface area contributed by atoms with Gasteiger partial charge in [0, 0.05) is 18.0 Å². The van der Waals surface area contributed by atoms with Crippen molar-refractivity contribution in [1.82, 2.24) is 4.90 Å². The number of fused-ring (bicyclic) bond motifs is 3. The molecule has 3 aliphatic rings. The molecule has 2 aromatic carbocycles. The lowest BCUT2D eigenvalue weighted by molar-refractivity contribution is -0.348. The maximum absolute atomic E-state index is 15.0. The van der Waals surface area contributed by atoms with Gasteiger partial charge in [-0.15, -0.1) is 0 Å². The van der Waals surface area contributed by atoms with Crippen LogP contribution in [0.4, 0.5) is 30.7 Å². The highest BCUT2D eigenvalue weighted by molar-refractivity contribution is 7.92. The number of halogens is 7. The summed E-state index contributed by atoms with van der Waals surface area (Å²) >= 11 is 0. The number of aryl methyl sites for hydroxylation is 1. The van der Waals surface area contributed by atoms with Crippen LogP contribution in [0, 0.1) is 11.3 Å². The normalized spacial score (nSPS) is 27.9. The summed E-state index contributed by atoms with van der Waals surface area (Å²) in [6, 6.07) is 7.76. The lowest BCUT2D eigenvalue weighted by Gasteiger charge is -2.44. The minimum atomic E-state index is -6.34. The third-order valence-corrected chi connectivity index (χ3v) is 12.4. The maximum Gasteiger partial charge on any atom is 0.435 e. The van der Waals surface area contributed by atoms with Gasteiger partial charge in [0.25, 0.3) is 0 Å². The van der Waals surface area contributed by atoms with Gasteiger partial charge in [0.2, 0.25) is 5.91 Å². The second-order valence-corrected chi connectivity index (χ2v) is 14.4. The number of hydrogen-bond acceptors (Lipinski definition) is 4. The predicted molar refractivity (Wildman–Crippen MR) is 143 cm³/mol. The number of benzene rings is 2. The molecule has 44 heavy (non-hydrogen) atoms. The highest BCUT2D eigenvalue weighted by Crippen LogP contribution is 2.57. The van der Waals surface area contributed by atoms with Crippen molar-refractivity contribution in [2.45, 2.75) is 85.6 Å². The Bertz CT molecular complexity index is 1550. The Hall–Kier alpha value is -3.16. The molecule has 0 bridgehead atoms. The fourth-order valence-corrected chi connectivity index (χ4v) is 9.64. The molecule has 1 aliphatic heterocycles. The van der Waals surface area contributed by atoms with E-state index in [1.807, 2.05) is 0 Å². The fourth-order valence-electron chi connectivity index (χ4n) is 7.25. The van der Waals surface area contributed by atoms with Gasteiger partial charge in [-0.25, -0.2) is 12.8 Å². The largest absolute Gasteiger partial charge is 0.481 e. The summed E-state index contributed by atoms with van der Waals surface area (Å²) < 4.78 is 123. The van der Waals surface area contributed by atoms with E-state index < -0.39 is 61.5 Å². The molecule has 0 spiro atoms.